The van der Waals surface area contributed by atoms with E-state index in [-0.39, 0.29) is 6.10 Å². The molecule has 0 unspecified atom stereocenters. The van der Waals surface area contributed by atoms with Gasteiger partial charge in [0, 0.05) is 17.4 Å². The zero-order chi connectivity index (χ0) is 19.9. The summed E-state index contributed by atoms with van der Waals surface area (Å²) < 4.78 is 12.7. The van der Waals surface area contributed by atoms with Gasteiger partial charge in [-0.3, -0.25) is 0 Å². The van der Waals surface area contributed by atoms with Gasteiger partial charge in [0.15, 0.2) is 11.5 Å². The number of aromatic amines is 1. The number of imidazole rings is 1. The highest BCUT2D eigenvalue weighted by atomic mass is 79.9. The summed E-state index contributed by atoms with van der Waals surface area (Å²) in [6.07, 6.45) is 2.05. The SMILES string of the molecule is CCOc1cc(CNCCCc2nc3ccccc3[nH]2)c(Br)cc1OC(C)C. The number of hydrogen-bond acceptors (Lipinski definition) is 4. The molecule has 5 nitrogen and oxygen atoms in total. The molecule has 28 heavy (non-hydrogen) atoms. The summed E-state index contributed by atoms with van der Waals surface area (Å²) in [7, 11) is 0. The van der Waals surface area contributed by atoms with E-state index in [0.29, 0.717) is 6.61 Å². The largest absolute Gasteiger partial charge is 0.490 e. The second-order valence-electron chi connectivity index (χ2n) is 6.97. The molecule has 150 valence electrons. The number of para-hydroxylation sites is 2. The van der Waals surface area contributed by atoms with E-state index in [1.807, 2.05) is 45.0 Å². The third-order valence-electron chi connectivity index (χ3n) is 4.30. The lowest BCUT2D eigenvalue weighted by Gasteiger charge is -2.17. The predicted molar refractivity (Wildman–Crippen MR) is 117 cm³/mol. The van der Waals surface area contributed by atoms with Crippen LogP contribution in [0.1, 0.15) is 38.6 Å². The number of fused-ring (bicyclic) bond motifs is 1. The first-order valence-electron chi connectivity index (χ1n) is 9.83. The number of hydrogen-bond donors (Lipinski definition) is 2. The number of rotatable bonds is 10. The Labute approximate surface area is 175 Å². The molecule has 0 fully saturated rings. The van der Waals surface area contributed by atoms with Crippen LogP contribution in [0, 0.1) is 0 Å². The third kappa shape index (κ3) is 5.49. The predicted octanol–water partition coefficient (Wildman–Crippen LogP) is 5.23. The van der Waals surface area contributed by atoms with Crippen LogP contribution in [0.15, 0.2) is 40.9 Å². The molecule has 2 N–H and O–H groups in total. The molecule has 0 aliphatic heterocycles. The van der Waals surface area contributed by atoms with Gasteiger partial charge < -0.3 is 19.8 Å². The summed E-state index contributed by atoms with van der Waals surface area (Å²) in [5.74, 6) is 2.61. The smallest absolute Gasteiger partial charge is 0.162 e. The van der Waals surface area contributed by atoms with Crippen molar-refractivity contribution in [3.63, 3.8) is 0 Å². The average molecular weight is 446 g/mol. The molecule has 2 aromatic carbocycles. The topological polar surface area (TPSA) is 59.2 Å². The fraction of sp³-hybridized carbons (Fsp3) is 0.409. The summed E-state index contributed by atoms with van der Waals surface area (Å²) in [6, 6.07) is 12.2. The van der Waals surface area contributed by atoms with E-state index in [0.717, 1.165) is 64.3 Å². The molecule has 0 spiro atoms. The van der Waals surface area contributed by atoms with Crippen LogP contribution >= 0.6 is 15.9 Å². The first-order chi connectivity index (χ1) is 13.6. The number of nitrogens with one attached hydrogen (secondary N) is 2. The summed E-state index contributed by atoms with van der Waals surface area (Å²) in [4.78, 5) is 8.01. The van der Waals surface area contributed by atoms with Crippen LogP contribution in [0.2, 0.25) is 0 Å². The van der Waals surface area contributed by atoms with Crippen LogP contribution in [0.3, 0.4) is 0 Å². The first-order valence-corrected chi connectivity index (χ1v) is 10.6. The minimum Gasteiger partial charge on any atom is -0.490 e. The quantitative estimate of drug-likeness (QED) is 0.419. The van der Waals surface area contributed by atoms with Crippen molar-refractivity contribution in [2.24, 2.45) is 0 Å². The molecule has 1 aromatic heterocycles. The van der Waals surface area contributed by atoms with E-state index in [1.54, 1.807) is 0 Å². The summed E-state index contributed by atoms with van der Waals surface area (Å²) in [6.45, 7) is 8.31. The Bertz CT molecular complexity index is 875. The standard InChI is InChI=1S/C22H28BrN3O2/c1-4-27-20-12-16(17(23)13-21(20)28-15(2)3)14-24-11-7-10-22-25-18-8-5-6-9-19(18)26-22/h5-6,8-9,12-13,15,24H,4,7,10-11,14H2,1-3H3,(H,25,26). The van der Waals surface area contributed by atoms with E-state index < -0.39 is 0 Å². The van der Waals surface area contributed by atoms with Gasteiger partial charge in [-0.05, 0) is 63.6 Å². The van der Waals surface area contributed by atoms with Gasteiger partial charge in [-0.2, -0.15) is 0 Å². The highest BCUT2D eigenvalue weighted by molar-refractivity contribution is 9.10. The lowest BCUT2D eigenvalue weighted by molar-refractivity contribution is 0.223. The zero-order valence-corrected chi connectivity index (χ0v) is 18.3. The Hall–Kier alpha value is -2.05. The molecule has 1 heterocycles. The molecule has 0 radical (unpaired) electrons. The normalized spacial score (nSPS) is 11.3. The van der Waals surface area contributed by atoms with Gasteiger partial charge >= 0.3 is 0 Å². The Morgan fingerprint density at radius 3 is 2.75 bits per heavy atom. The lowest BCUT2D eigenvalue weighted by atomic mass is 10.2. The Balaban J connectivity index is 1.52. The minimum atomic E-state index is 0.105. The molecule has 0 aliphatic carbocycles. The highest BCUT2D eigenvalue weighted by Gasteiger charge is 2.12. The maximum Gasteiger partial charge on any atom is 0.162 e. The first kappa shape index (κ1) is 20.7. The van der Waals surface area contributed by atoms with Crippen molar-refractivity contribution < 1.29 is 9.47 Å². The van der Waals surface area contributed by atoms with Crippen LogP contribution in [0.4, 0.5) is 0 Å². The lowest BCUT2D eigenvalue weighted by Crippen LogP contribution is -2.16. The van der Waals surface area contributed by atoms with E-state index in [1.165, 1.54) is 0 Å². The third-order valence-corrected chi connectivity index (χ3v) is 5.03. The van der Waals surface area contributed by atoms with Crippen LogP contribution in [-0.2, 0) is 13.0 Å². The maximum absolute atomic E-state index is 5.86. The Kier molecular flexibility index (Phi) is 7.34. The van der Waals surface area contributed by atoms with Crippen molar-refractivity contribution in [2.75, 3.05) is 13.2 Å². The molecule has 0 saturated heterocycles. The molecule has 0 saturated carbocycles. The number of ether oxygens (including phenoxy) is 2. The van der Waals surface area contributed by atoms with Gasteiger partial charge in [-0.15, -0.1) is 0 Å². The molecular weight excluding hydrogens is 418 g/mol. The molecule has 3 aromatic rings. The Morgan fingerprint density at radius 2 is 2.00 bits per heavy atom. The van der Waals surface area contributed by atoms with Crippen LogP contribution in [-0.4, -0.2) is 29.2 Å². The number of aromatic nitrogens is 2. The van der Waals surface area contributed by atoms with Crippen molar-refractivity contribution in [1.82, 2.24) is 15.3 Å². The van der Waals surface area contributed by atoms with Crippen molar-refractivity contribution >= 4 is 27.0 Å². The van der Waals surface area contributed by atoms with Crippen molar-refractivity contribution in [3.05, 3.63) is 52.3 Å². The molecular formula is C22H28BrN3O2. The van der Waals surface area contributed by atoms with Gasteiger partial charge in [0.2, 0.25) is 0 Å². The van der Waals surface area contributed by atoms with Crippen molar-refractivity contribution in [1.29, 1.82) is 0 Å². The van der Waals surface area contributed by atoms with E-state index in [9.17, 15) is 0 Å². The van der Waals surface area contributed by atoms with Gasteiger partial charge in [-0.25, -0.2) is 4.98 Å². The molecule has 0 bridgehead atoms. The van der Waals surface area contributed by atoms with Crippen LogP contribution in [0.25, 0.3) is 11.0 Å². The van der Waals surface area contributed by atoms with Gasteiger partial charge in [0.1, 0.15) is 5.82 Å². The summed E-state index contributed by atoms with van der Waals surface area (Å²) in [5.41, 5.74) is 3.28. The number of halogens is 1. The second-order valence-corrected chi connectivity index (χ2v) is 7.83. The summed E-state index contributed by atoms with van der Waals surface area (Å²) >= 11 is 3.66. The minimum absolute atomic E-state index is 0.105. The summed E-state index contributed by atoms with van der Waals surface area (Å²) in [5, 5.41) is 3.51. The van der Waals surface area contributed by atoms with Gasteiger partial charge in [-0.1, -0.05) is 28.1 Å². The fourth-order valence-electron chi connectivity index (χ4n) is 3.05. The fourth-order valence-corrected chi connectivity index (χ4v) is 3.52. The average Bonchev–Trinajstić information content (AvgIpc) is 3.07. The second kappa shape index (κ2) is 9.94. The van der Waals surface area contributed by atoms with Crippen LogP contribution < -0.4 is 14.8 Å². The molecule has 0 amide bonds. The van der Waals surface area contributed by atoms with Crippen LogP contribution in [0.5, 0.6) is 11.5 Å². The maximum atomic E-state index is 5.86. The molecule has 6 heteroatoms. The zero-order valence-electron chi connectivity index (χ0n) is 16.7. The monoisotopic (exact) mass is 445 g/mol. The number of aryl methyl sites for hydroxylation is 1. The number of nitrogens with zero attached hydrogens (tertiary/aromatic N) is 1. The number of benzene rings is 2. The number of H-pyrrole nitrogens is 1. The van der Waals surface area contributed by atoms with Crippen molar-refractivity contribution in [3.8, 4) is 11.5 Å². The Morgan fingerprint density at radius 1 is 1.18 bits per heavy atom. The molecule has 3 rings (SSSR count). The van der Waals surface area contributed by atoms with E-state index in [4.69, 9.17) is 9.47 Å². The van der Waals surface area contributed by atoms with Crippen molar-refractivity contribution in [2.45, 2.75) is 46.3 Å². The molecule has 0 atom stereocenters. The van der Waals surface area contributed by atoms with Gasteiger partial charge in [0.25, 0.3) is 0 Å². The highest BCUT2D eigenvalue weighted by Crippen LogP contribution is 2.34. The molecule has 0 aliphatic rings. The van der Waals surface area contributed by atoms with E-state index in [2.05, 4.69) is 43.3 Å². The van der Waals surface area contributed by atoms with E-state index >= 15 is 0 Å². The van der Waals surface area contributed by atoms with Gasteiger partial charge in [0.05, 0.1) is 23.7 Å².